The molecule has 1 atom stereocenters. The van der Waals surface area contributed by atoms with Crippen molar-refractivity contribution in [3.63, 3.8) is 0 Å². The van der Waals surface area contributed by atoms with Gasteiger partial charge in [0.05, 0.1) is 0 Å². The van der Waals surface area contributed by atoms with E-state index in [1.807, 2.05) is 24.3 Å². The van der Waals surface area contributed by atoms with Gasteiger partial charge in [-0.15, -0.1) is 0 Å². The van der Waals surface area contributed by atoms with Crippen LogP contribution < -0.4 is 11.1 Å². The smallest absolute Gasteiger partial charge is 0.407 e. The maximum Gasteiger partial charge on any atom is 0.407 e. The van der Waals surface area contributed by atoms with Gasteiger partial charge in [-0.2, -0.15) is 0 Å². The molecule has 0 aliphatic heterocycles. The van der Waals surface area contributed by atoms with Crippen LogP contribution in [0.5, 0.6) is 0 Å². The number of carboxylic acid groups (broad SMARTS) is 1. The fourth-order valence-electron chi connectivity index (χ4n) is 3.81. The minimum atomic E-state index is -1.08. The molecule has 1 amide bonds. The van der Waals surface area contributed by atoms with Crippen LogP contribution in [-0.2, 0) is 16.1 Å². The minimum absolute atomic E-state index is 0.0138. The lowest BCUT2D eigenvalue weighted by Crippen LogP contribution is -2.25. The molecule has 1 aliphatic carbocycles. The third kappa shape index (κ3) is 3.90. The number of nitrogens with two attached hydrogens (primary N) is 1. The van der Waals surface area contributed by atoms with E-state index in [0.29, 0.717) is 5.56 Å². The van der Waals surface area contributed by atoms with E-state index in [1.165, 1.54) is 11.1 Å². The Hall–Kier alpha value is -3.64. The molecule has 3 aromatic carbocycles. The number of hydrogen-bond donors (Lipinski definition) is 3. The molecule has 0 spiro atoms. The number of fused-ring (bicyclic) bond motifs is 3. The topological polar surface area (TPSA) is 102 Å². The maximum atomic E-state index is 12.2. The van der Waals surface area contributed by atoms with Crippen molar-refractivity contribution in [2.24, 2.45) is 5.73 Å². The lowest BCUT2D eigenvalue weighted by Gasteiger charge is -2.14. The normalized spacial score (nSPS) is 13.2. The van der Waals surface area contributed by atoms with E-state index in [0.717, 1.165) is 16.7 Å². The molecule has 0 saturated carbocycles. The molecule has 0 heterocycles. The van der Waals surface area contributed by atoms with Crippen molar-refractivity contribution in [2.75, 3.05) is 6.61 Å². The Morgan fingerprint density at radius 2 is 1.50 bits per heavy atom. The van der Waals surface area contributed by atoms with Gasteiger partial charge < -0.3 is 20.9 Å². The Balaban J connectivity index is 1.35. The first kappa shape index (κ1) is 19.7. The predicted octanol–water partition coefficient (Wildman–Crippen LogP) is 3.81. The van der Waals surface area contributed by atoms with E-state index in [2.05, 4.69) is 29.6 Å². The number of carbonyl (C=O) groups is 2. The fraction of sp³-hybridized carbons (Fsp3) is 0.167. The standard InChI is InChI=1S/C24H22N2O4/c25-22(23(27)28)16-11-9-15(10-12-16)13-26-24(29)30-14-21-19-7-3-1-5-17(19)18-6-2-4-8-20(18)21/h1-12,21-22H,13-14,25H2,(H,26,29)(H,27,28)/t22-/m1/s1. The van der Waals surface area contributed by atoms with Crippen molar-refractivity contribution >= 4 is 12.1 Å². The number of rotatable bonds is 6. The number of ether oxygens (including phenoxy) is 1. The molecule has 4 rings (SSSR count). The second kappa shape index (κ2) is 8.39. The summed E-state index contributed by atoms with van der Waals surface area (Å²) in [4.78, 5) is 23.2. The number of carboxylic acids is 1. The van der Waals surface area contributed by atoms with E-state index in [1.54, 1.807) is 24.3 Å². The van der Waals surface area contributed by atoms with Crippen LogP contribution in [0.1, 0.15) is 34.2 Å². The highest BCUT2D eigenvalue weighted by molar-refractivity contribution is 5.79. The largest absolute Gasteiger partial charge is 0.480 e. The van der Waals surface area contributed by atoms with Gasteiger partial charge in [-0.3, -0.25) is 4.79 Å². The molecule has 0 unspecified atom stereocenters. The quantitative estimate of drug-likeness (QED) is 0.582. The highest BCUT2D eigenvalue weighted by Crippen LogP contribution is 2.44. The molecule has 6 nitrogen and oxygen atoms in total. The van der Waals surface area contributed by atoms with Crippen LogP contribution in [0.3, 0.4) is 0 Å². The highest BCUT2D eigenvalue weighted by atomic mass is 16.5. The zero-order valence-corrected chi connectivity index (χ0v) is 16.2. The molecule has 152 valence electrons. The molecule has 0 saturated heterocycles. The van der Waals surface area contributed by atoms with Crippen LogP contribution in [0.15, 0.2) is 72.8 Å². The summed E-state index contributed by atoms with van der Waals surface area (Å²) >= 11 is 0. The molecule has 4 N–H and O–H groups in total. The van der Waals surface area contributed by atoms with E-state index in [9.17, 15) is 9.59 Å². The zero-order chi connectivity index (χ0) is 21.1. The highest BCUT2D eigenvalue weighted by Gasteiger charge is 2.28. The summed E-state index contributed by atoms with van der Waals surface area (Å²) < 4.78 is 5.51. The van der Waals surface area contributed by atoms with Gasteiger partial charge in [-0.05, 0) is 33.4 Å². The monoisotopic (exact) mass is 402 g/mol. The number of hydrogen-bond acceptors (Lipinski definition) is 4. The van der Waals surface area contributed by atoms with Crippen LogP contribution in [0.4, 0.5) is 4.79 Å². The lowest BCUT2D eigenvalue weighted by molar-refractivity contribution is -0.138. The summed E-state index contributed by atoms with van der Waals surface area (Å²) in [6.45, 7) is 0.533. The predicted molar refractivity (Wildman–Crippen MR) is 113 cm³/mol. The molecular formula is C24H22N2O4. The third-order valence-corrected chi connectivity index (χ3v) is 5.39. The Bertz CT molecular complexity index is 1030. The Labute approximate surface area is 174 Å². The number of alkyl carbamates (subject to hydrolysis) is 1. The van der Waals surface area contributed by atoms with Crippen LogP contribution in [0, 0.1) is 0 Å². The Kier molecular flexibility index (Phi) is 5.50. The van der Waals surface area contributed by atoms with Gasteiger partial charge in [0, 0.05) is 12.5 Å². The van der Waals surface area contributed by atoms with Crippen molar-refractivity contribution < 1.29 is 19.4 Å². The zero-order valence-electron chi connectivity index (χ0n) is 16.2. The summed E-state index contributed by atoms with van der Waals surface area (Å²) in [7, 11) is 0. The summed E-state index contributed by atoms with van der Waals surface area (Å²) in [5.74, 6) is -1.07. The minimum Gasteiger partial charge on any atom is -0.480 e. The Morgan fingerprint density at radius 1 is 0.933 bits per heavy atom. The molecule has 0 aromatic heterocycles. The first-order valence-corrected chi connectivity index (χ1v) is 9.70. The number of amides is 1. The molecule has 0 bridgehead atoms. The molecule has 1 aliphatic rings. The number of aliphatic carboxylic acids is 1. The molecule has 3 aromatic rings. The number of carbonyl (C=O) groups excluding carboxylic acids is 1. The molecule has 0 fully saturated rings. The second-order valence-corrected chi connectivity index (χ2v) is 7.24. The number of nitrogens with one attached hydrogen (secondary N) is 1. The maximum absolute atomic E-state index is 12.2. The van der Waals surface area contributed by atoms with Crippen LogP contribution in [0.25, 0.3) is 11.1 Å². The molecular weight excluding hydrogens is 380 g/mol. The van der Waals surface area contributed by atoms with E-state index in [4.69, 9.17) is 15.6 Å². The Morgan fingerprint density at radius 3 is 2.07 bits per heavy atom. The average Bonchev–Trinajstić information content (AvgIpc) is 3.10. The first-order valence-electron chi connectivity index (χ1n) is 9.70. The summed E-state index contributed by atoms with van der Waals surface area (Å²) in [6, 6.07) is 22.1. The van der Waals surface area contributed by atoms with Gasteiger partial charge in [0.2, 0.25) is 0 Å². The van der Waals surface area contributed by atoms with E-state index >= 15 is 0 Å². The van der Waals surface area contributed by atoms with Crippen molar-refractivity contribution in [3.8, 4) is 11.1 Å². The third-order valence-electron chi connectivity index (χ3n) is 5.39. The first-order chi connectivity index (χ1) is 14.5. The van der Waals surface area contributed by atoms with Crippen molar-refractivity contribution in [2.45, 2.75) is 18.5 Å². The van der Waals surface area contributed by atoms with Crippen molar-refractivity contribution in [1.29, 1.82) is 0 Å². The molecule has 6 heteroatoms. The van der Waals surface area contributed by atoms with Crippen LogP contribution in [-0.4, -0.2) is 23.8 Å². The van der Waals surface area contributed by atoms with Crippen LogP contribution >= 0.6 is 0 Å². The van der Waals surface area contributed by atoms with E-state index < -0.39 is 18.1 Å². The fourth-order valence-corrected chi connectivity index (χ4v) is 3.81. The second-order valence-electron chi connectivity index (χ2n) is 7.24. The van der Waals surface area contributed by atoms with Gasteiger partial charge in [0.1, 0.15) is 12.6 Å². The molecule has 0 radical (unpaired) electrons. The molecule has 30 heavy (non-hydrogen) atoms. The van der Waals surface area contributed by atoms with Gasteiger partial charge in [-0.25, -0.2) is 4.79 Å². The van der Waals surface area contributed by atoms with Gasteiger partial charge in [0.25, 0.3) is 0 Å². The average molecular weight is 402 g/mol. The van der Waals surface area contributed by atoms with Gasteiger partial charge in [-0.1, -0.05) is 72.8 Å². The lowest BCUT2D eigenvalue weighted by atomic mass is 9.98. The number of benzene rings is 3. The summed E-state index contributed by atoms with van der Waals surface area (Å²) in [5.41, 5.74) is 11.6. The van der Waals surface area contributed by atoms with Crippen LogP contribution in [0.2, 0.25) is 0 Å². The van der Waals surface area contributed by atoms with Crippen molar-refractivity contribution in [1.82, 2.24) is 5.32 Å². The van der Waals surface area contributed by atoms with Gasteiger partial charge >= 0.3 is 12.1 Å². The SMILES string of the molecule is N[C@@H](C(=O)O)c1ccc(CNC(=O)OCC2c3ccccc3-c3ccccc32)cc1. The summed E-state index contributed by atoms with van der Waals surface area (Å²) in [6.07, 6.45) is -0.497. The summed E-state index contributed by atoms with van der Waals surface area (Å²) in [5, 5.41) is 11.7. The van der Waals surface area contributed by atoms with E-state index in [-0.39, 0.29) is 19.1 Å². The van der Waals surface area contributed by atoms with Gasteiger partial charge in [0.15, 0.2) is 0 Å². The van der Waals surface area contributed by atoms with Crippen molar-refractivity contribution in [3.05, 3.63) is 95.1 Å².